The second-order valence-corrected chi connectivity index (χ2v) is 3.76. The average molecular weight is 303 g/mol. The van der Waals surface area contributed by atoms with Crippen LogP contribution in [0, 0.1) is 0 Å². The lowest BCUT2D eigenvalue weighted by molar-refractivity contribution is -0.150. The molecule has 4 nitrogen and oxygen atoms in total. The number of aliphatic carboxylic acids is 1. The van der Waals surface area contributed by atoms with Gasteiger partial charge in [-0.15, -0.1) is 0 Å². The molecule has 0 aliphatic heterocycles. The van der Waals surface area contributed by atoms with Gasteiger partial charge in [0.2, 0.25) is 0 Å². The molecule has 0 aliphatic carbocycles. The molecule has 0 amide bonds. The summed E-state index contributed by atoms with van der Waals surface area (Å²) in [5.41, 5.74) is -1.13. The van der Waals surface area contributed by atoms with E-state index < -0.39 is 46.8 Å². The molecule has 1 atom stereocenters. The van der Waals surface area contributed by atoms with E-state index in [0.717, 1.165) is 0 Å². The Bertz CT molecular complexity index is 537. The van der Waals surface area contributed by atoms with Crippen molar-refractivity contribution < 1.29 is 41.4 Å². The molecule has 0 spiro atoms. The summed E-state index contributed by atoms with van der Waals surface area (Å²) in [7, 11) is 0. The lowest BCUT2D eigenvalue weighted by atomic mass is 9.97. The fraction of sp³-hybridized carbons (Fsp3) is 0.300. The van der Waals surface area contributed by atoms with Crippen LogP contribution in [0.3, 0.4) is 0 Å². The molecule has 0 saturated carbocycles. The zero-order valence-electron chi connectivity index (χ0n) is 9.38. The first-order chi connectivity index (χ1) is 8.85. The Hall–Kier alpha value is -1.97. The number of hydrogen-bond donors (Lipinski definition) is 3. The van der Waals surface area contributed by atoms with Crippen LogP contribution < -0.4 is 5.73 Å². The maximum absolute atomic E-state index is 12.6. The van der Waals surface area contributed by atoms with E-state index in [1.165, 1.54) is 0 Å². The lowest BCUT2D eigenvalue weighted by Gasteiger charge is -2.19. The number of halogens is 6. The predicted molar refractivity (Wildman–Crippen MR) is 53.5 cm³/mol. The zero-order chi connectivity index (χ0) is 15.9. The zero-order valence-corrected chi connectivity index (χ0v) is 9.38. The van der Waals surface area contributed by atoms with Crippen molar-refractivity contribution in [3.8, 4) is 0 Å². The SMILES string of the molecule is Nc1cc(C(F)(F)F)c(C(O)C(=O)O)cc1C(F)(F)F. The van der Waals surface area contributed by atoms with E-state index in [1.54, 1.807) is 0 Å². The largest absolute Gasteiger partial charge is 0.479 e. The third-order valence-electron chi connectivity index (χ3n) is 2.36. The number of carbonyl (C=O) groups is 1. The van der Waals surface area contributed by atoms with Crippen molar-refractivity contribution >= 4 is 11.7 Å². The highest BCUT2D eigenvalue weighted by Crippen LogP contribution is 2.41. The van der Waals surface area contributed by atoms with Gasteiger partial charge in [0.1, 0.15) is 0 Å². The number of aliphatic hydroxyl groups is 1. The van der Waals surface area contributed by atoms with Crippen LogP contribution >= 0.6 is 0 Å². The number of carboxylic acids is 1. The van der Waals surface area contributed by atoms with Gasteiger partial charge in [0, 0.05) is 11.3 Å². The van der Waals surface area contributed by atoms with Gasteiger partial charge >= 0.3 is 18.3 Å². The fourth-order valence-corrected chi connectivity index (χ4v) is 1.48. The standard InChI is InChI=1S/C10H7F6NO3/c11-9(12,13)4-2-6(17)5(10(14,15)16)1-3(4)7(18)8(19)20/h1-2,7,18H,17H2,(H,19,20). The van der Waals surface area contributed by atoms with Gasteiger partial charge in [-0.1, -0.05) is 0 Å². The summed E-state index contributed by atoms with van der Waals surface area (Å²) < 4.78 is 75.5. The lowest BCUT2D eigenvalue weighted by Crippen LogP contribution is -2.20. The quantitative estimate of drug-likeness (QED) is 0.579. The first-order valence-corrected chi connectivity index (χ1v) is 4.84. The number of nitrogen functional groups attached to an aromatic ring is 1. The van der Waals surface area contributed by atoms with Crippen LogP contribution in [0.4, 0.5) is 32.0 Å². The molecule has 20 heavy (non-hydrogen) atoms. The summed E-state index contributed by atoms with van der Waals surface area (Å²) in [5, 5.41) is 17.6. The highest BCUT2D eigenvalue weighted by atomic mass is 19.4. The van der Waals surface area contributed by atoms with E-state index in [9.17, 15) is 31.1 Å². The van der Waals surface area contributed by atoms with Gasteiger partial charge in [-0.2, -0.15) is 26.3 Å². The van der Waals surface area contributed by atoms with Crippen LogP contribution in [-0.4, -0.2) is 16.2 Å². The van der Waals surface area contributed by atoms with Crippen molar-refractivity contribution in [2.45, 2.75) is 18.5 Å². The molecule has 0 heterocycles. The molecule has 0 aromatic heterocycles. The van der Waals surface area contributed by atoms with Crippen LogP contribution in [0.15, 0.2) is 12.1 Å². The van der Waals surface area contributed by atoms with Crippen molar-refractivity contribution in [3.05, 3.63) is 28.8 Å². The van der Waals surface area contributed by atoms with Gasteiger partial charge in [0.05, 0.1) is 11.1 Å². The molecule has 0 aliphatic rings. The second kappa shape index (κ2) is 4.85. The molecule has 10 heteroatoms. The Morgan fingerprint density at radius 2 is 1.50 bits per heavy atom. The summed E-state index contributed by atoms with van der Waals surface area (Å²) in [5.74, 6) is -2.12. The van der Waals surface area contributed by atoms with Gasteiger partial charge in [0.25, 0.3) is 0 Å². The minimum atomic E-state index is -5.16. The third-order valence-corrected chi connectivity index (χ3v) is 2.36. The summed E-state index contributed by atoms with van der Waals surface area (Å²) in [6, 6.07) is -0.165. The number of benzene rings is 1. The van der Waals surface area contributed by atoms with Gasteiger partial charge in [-0.05, 0) is 12.1 Å². The van der Waals surface area contributed by atoms with Crippen molar-refractivity contribution in [2.24, 2.45) is 0 Å². The van der Waals surface area contributed by atoms with E-state index in [2.05, 4.69) is 0 Å². The van der Waals surface area contributed by atoms with E-state index in [1.807, 2.05) is 0 Å². The monoisotopic (exact) mass is 303 g/mol. The third kappa shape index (κ3) is 3.13. The molecule has 1 aromatic rings. The van der Waals surface area contributed by atoms with Gasteiger partial charge < -0.3 is 15.9 Å². The molecule has 0 saturated heterocycles. The first-order valence-electron chi connectivity index (χ1n) is 4.84. The Morgan fingerprint density at radius 1 is 1.05 bits per heavy atom. The molecule has 1 rings (SSSR count). The molecule has 0 bridgehead atoms. The Morgan fingerprint density at radius 3 is 1.85 bits per heavy atom. The molecule has 4 N–H and O–H groups in total. The van der Waals surface area contributed by atoms with Crippen LogP contribution in [0.5, 0.6) is 0 Å². The molecule has 1 unspecified atom stereocenters. The molecular formula is C10H7F6NO3. The molecule has 112 valence electrons. The number of carboxylic acid groups (broad SMARTS) is 1. The highest BCUT2D eigenvalue weighted by Gasteiger charge is 2.41. The Labute approximate surface area is 107 Å². The molecule has 0 radical (unpaired) electrons. The minimum Gasteiger partial charge on any atom is -0.479 e. The molecule has 1 aromatic carbocycles. The maximum atomic E-state index is 12.6. The summed E-state index contributed by atoms with van der Waals surface area (Å²) >= 11 is 0. The predicted octanol–water partition coefficient (Wildman–Crippen LogP) is 2.42. The van der Waals surface area contributed by atoms with Gasteiger partial charge in [-0.25, -0.2) is 4.79 Å². The number of hydrogen-bond acceptors (Lipinski definition) is 3. The van der Waals surface area contributed by atoms with Crippen LogP contribution in [0.1, 0.15) is 22.8 Å². The normalized spacial score (nSPS) is 14.2. The summed E-state index contributed by atoms with van der Waals surface area (Å²) in [6.45, 7) is 0. The topological polar surface area (TPSA) is 83.5 Å². The number of rotatable bonds is 2. The van der Waals surface area contributed by atoms with Gasteiger partial charge in [0.15, 0.2) is 6.10 Å². The Balaban J connectivity index is 3.63. The van der Waals surface area contributed by atoms with E-state index >= 15 is 0 Å². The van der Waals surface area contributed by atoms with Crippen LogP contribution in [0.2, 0.25) is 0 Å². The van der Waals surface area contributed by atoms with Gasteiger partial charge in [-0.3, -0.25) is 0 Å². The fourth-order valence-electron chi connectivity index (χ4n) is 1.48. The van der Waals surface area contributed by atoms with E-state index in [0.29, 0.717) is 0 Å². The van der Waals surface area contributed by atoms with Crippen LogP contribution in [-0.2, 0) is 17.1 Å². The van der Waals surface area contributed by atoms with Crippen molar-refractivity contribution in [3.63, 3.8) is 0 Å². The number of anilines is 1. The van der Waals surface area contributed by atoms with Crippen molar-refractivity contribution in [1.82, 2.24) is 0 Å². The highest BCUT2D eigenvalue weighted by molar-refractivity contribution is 5.75. The van der Waals surface area contributed by atoms with E-state index in [-0.39, 0.29) is 12.1 Å². The van der Waals surface area contributed by atoms with Crippen LogP contribution in [0.25, 0.3) is 0 Å². The number of nitrogens with two attached hydrogens (primary N) is 1. The Kier molecular flexibility index (Phi) is 3.90. The van der Waals surface area contributed by atoms with E-state index in [4.69, 9.17) is 15.9 Å². The second-order valence-electron chi connectivity index (χ2n) is 3.76. The van der Waals surface area contributed by atoms with Crippen molar-refractivity contribution in [1.29, 1.82) is 0 Å². The minimum absolute atomic E-state index is 0.0513. The molecule has 0 fully saturated rings. The average Bonchev–Trinajstić information content (AvgIpc) is 2.24. The number of aliphatic hydroxyl groups excluding tert-OH is 1. The first kappa shape index (κ1) is 16.1. The number of alkyl halides is 6. The maximum Gasteiger partial charge on any atom is 0.418 e. The molecular weight excluding hydrogens is 296 g/mol. The summed E-state index contributed by atoms with van der Waals surface area (Å²) in [4.78, 5) is 10.5. The van der Waals surface area contributed by atoms with Crippen molar-refractivity contribution in [2.75, 3.05) is 5.73 Å². The summed E-state index contributed by atoms with van der Waals surface area (Å²) in [6.07, 6.45) is -13.0. The smallest absolute Gasteiger partial charge is 0.418 e.